The predicted molar refractivity (Wildman–Crippen MR) is 140 cm³/mol. The van der Waals surface area contributed by atoms with E-state index in [-0.39, 0.29) is 12.1 Å². The SMILES string of the molecule is CCCCCCCCC/C=C/CCCCCCCCC1N=CC[N+]1(CC)C(C)NC(C)=O. The van der Waals surface area contributed by atoms with Crippen LogP contribution in [-0.2, 0) is 4.79 Å². The van der Waals surface area contributed by atoms with Crippen LogP contribution in [0.4, 0.5) is 0 Å². The molecule has 0 aromatic rings. The molecular formula is C28H54N3O+. The Morgan fingerprint density at radius 1 is 0.938 bits per heavy atom. The molecule has 3 atom stereocenters. The summed E-state index contributed by atoms with van der Waals surface area (Å²) in [6.45, 7) is 10.2. The number of carbonyl (C=O) groups excluding carboxylic acids is 1. The fraction of sp³-hybridized carbons (Fsp3) is 0.857. The molecule has 186 valence electrons. The third-order valence-corrected chi connectivity index (χ3v) is 7.29. The van der Waals surface area contributed by atoms with Gasteiger partial charge in [-0.15, -0.1) is 0 Å². The van der Waals surface area contributed by atoms with Crippen LogP contribution in [0.25, 0.3) is 0 Å². The molecule has 0 aromatic carbocycles. The van der Waals surface area contributed by atoms with Crippen molar-refractivity contribution in [3.8, 4) is 0 Å². The lowest BCUT2D eigenvalue weighted by Gasteiger charge is -2.42. The highest BCUT2D eigenvalue weighted by Gasteiger charge is 2.42. The van der Waals surface area contributed by atoms with Gasteiger partial charge in [0.25, 0.3) is 0 Å². The molecule has 4 nitrogen and oxygen atoms in total. The zero-order valence-electron chi connectivity index (χ0n) is 21.9. The number of amides is 1. The van der Waals surface area contributed by atoms with Crippen molar-refractivity contribution in [1.82, 2.24) is 5.32 Å². The van der Waals surface area contributed by atoms with E-state index < -0.39 is 0 Å². The number of quaternary nitrogens is 1. The van der Waals surface area contributed by atoms with Gasteiger partial charge in [-0.2, -0.15) is 0 Å². The quantitative estimate of drug-likeness (QED) is 0.117. The van der Waals surface area contributed by atoms with Crippen molar-refractivity contribution in [1.29, 1.82) is 0 Å². The van der Waals surface area contributed by atoms with Crippen LogP contribution < -0.4 is 5.32 Å². The highest BCUT2D eigenvalue weighted by molar-refractivity contribution is 5.73. The standard InChI is InChI=1S/C28H53N3O/c1-5-7-8-9-10-11-12-13-14-15-16-17-18-19-20-21-22-23-28-29-24-25-31(28,6-2)26(3)30-27(4)32/h14-15,24,26,28H,5-13,16-23,25H2,1-4H3/p+1/b15-14+. The van der Waals surface area contributed by atoms with Crippen LogP contribution >= 0.6 is 0 Å². The van der Waals surface area contributed by atoms with E-state index in [4.69, 9.17) is 4.99 Å². The van der Waals surface area contributed by atoms with Gasteiger partial charge < -0.3 is 5.32 Å². The minimum Gasteiger partial charge on any atom is -0.307 e. The third-order valence-electron chi connectivity index (χ3n) is 7.29. The summed E-state index contributed by atoms with van der Waals surface area (Å²) in [4.78, 5) is 16.3. The lowest BCUT2D eigenvalue weighted by molar-refractivity contribution is -0.959. The molecule has 3 unspecified atom stereocenters. The second kappa shape index (κ2) is 18.3. The van der Waals surface area contributed by atoms with E-state index in [0.29, 0.717) is 6.17 Å². The van der Waals surface area contributed by atoms with Gasteiger partial charge in [0.1, 0.15) is 6.54 Å². The average molecular weight is 449 g/mol. The molecule has 0 radical (unpaired) electrons. The maximum absolute atomic E-state index is 11.5. The molecule has 0 saturated heterocycles. The van der Waals surface area contributed by atoms with Gasteiger partial charge in [-0.25, -0.2) is 4.99 Å². The number of hydrogen-bond donors (Lipinski definition) is 1. The molecular weight excluding hydrogens is 394 g/mol. The molecule has 32 heavy (non-hydrogen) atoms. The largest absolute Gasteiger partial charge is 0.307 e. The van der Waals surface area contributed by atoms with Gasteiger partial charge in [-0.3, -0.25) is 9.28 Å². The Morgan fingerprint density at radius 3 is 2.00 bits per heavy atom. The normalized spacial score (nSPS) is 21.4. The Bertz CT molecular complexity index is 531. The fourth-order valence-electron chi connectivity index (χ4n) is 5.11. The van der Waals surface area contributed by atoms with E-state index in [9.17, 15) is 4.79 Å². The van der Waals surface area contributed by atoms with Gasteiger partial charge in [0.05, 0.1) is 12.8 Å². The van der Waals surface area contributed by atoms with Crippen LogP contribution in [0.1, 0.15) is 130 Å². The maximum Gasteiger partial charge on any atom is 0.221 e. The second-order valence-corrected chi connectivity index (χ2v) is 9.87. The van der Waals surface area contributed by atoms with Gasteiger partial charge in [0.2, 0.25) is 5.91 Å². The van der Waals surface area contributed by atoms with Crippen molar-refractivity contribution in [3.63, 3.8) is 0 Å². The molecule has 1 aliphatic rings. The smallest absolute Gasteiger partial charge is 0.221 e. The number of hydrogen-bond acceptors (Lipinski definition) is 2. The van der Waals surface area contributed by atoms with E-state index >= 15 is 0 Å². The Balaban J connectivity index is 2.01. The molecule has 0 saturated carbocycles. The lowest BCUT2D eigenvalue weighted by atomic mass is 10.1. The van der Waals surface area contributed by atoms with Crippen LogP contribution in [0.2, 0.25) is 0 Å². The number of rotatable bonds is 20. The van der Waals surface area contributed by atoms with Crippen LogP contribution in [0.3, 0.4) is 0 Å². The summed E-state index contributed by atoms with van der Waals surface area (Å²) >= 11 is 0. The Kier molecular flexibility index (Phi) is 16.5. The van der Waals surface area contributed by atoms with Gasteiger partial charge in [-0.05, 0) is 39.0 Å². The van der Waals surface area contributed by atoms with Crippen LogP contribution in [0.15, 0.2) is 17.1 Å². The van der Waals surface area contributed by atoms with Crippen molar-refractivity contribution in [2.75, 3.05) is 13.1 Å². The topological polar surface area (TPSA) is 41.5 Å². The van der Waals surface area contributed by atoms with Gasteiger partial charge >= 0.3 is 0 Å². The first kappa shape index (κ1) is 28.9. The third kappa shape index (κ3) is 11.6. The first-order valence-electron chi connectivity index (χ1n) is 13.9. The summed E-state index contributed by atoms with van der Waals surface area (Å²) in [7, 11) is 0. The highest BCUT2D eigenvalue weighted by atomic mass is 16.1. The minimum atomic E-state index is 0.0572. The van der Waals surface area contributed by atoms with E-state index in [1.165, 1.54) is 96.3 Å². The number of unbranched alkanes of at least 4 members (excludes halogenated alkanes) is 13. The number of nitrogens with one attached hydrogen (secondary N) is 1. The van der Waals surface area contributed by atoms with E-state index in [2.05, 4.69) is 44.5 Å². The Labute approximate surface area is 199 Å². The van der Waals surface area contributed by atoms with E-state index in [0.717, 1.165) is 24.0 Å². The average Bonchev–Trinajstić information content (AvgIpc) is 3.19. The Hall–Kier alpha value is -1.16. The molecule has 0 fully saturated rings. The fourth-order valence-corrected chi connectivity index (χ4v) is 5.11. The molecule has 0 aliphatic carbocycles. The second-order valence-electron chi connectivity index (χ2n) is 9.87. The van der Waals surface area contributed by atoms with Gasteiger partial charge in [0, 0.05) is 20.3 Å². The van der Waals surface area contributed by atoms with Crippen molar-refractivity contribution in [2.24, 2.45) is 4.99 Å². The number of carbonyl (C=O) groups is 1. The lowest BCUT2D eigenvalue weighted by Crippen LogP contribution is -2.63. The summed E-state index contributed by atoms with van der Waals surface area (Å²) in [5, 5.41) is 3.11. The minimum absolute atomic E-state index is 0.0572. The number of aliphatic imine (C=N–C) groups is 1. The first-order valence-corrected chi connectivity index (χ1v) is 13.9. The van der Waals surface area contributed by atoms with E-state index in [1.54, 1.807) is 6.92 Å². The number of allylic oxidation sites excluding steroid dienone is 2. The highest BCUT2D eigenvalue weighted by Crippen LogP contribution is 2.27. The van der Waals surface area contributed by atoms with Crippen molar-refractivity contribution in [2.45, 2.75) is 143 Å². The predicted octanol–water partition coefficient (Wildman–Crippen LogP) is 7.53. The molecule has 1 aliphatic heterocycles. The molecule has 1 heterocycles. The van der Waals surface area contributed by atoms with Crippen molar-refractivity contribution in [3.05, 3.63) is 12.2 Å². The van der Waals surface area contributed by atoms with E-state index in [1.807, 2.05) is 0 Å². The monoisotopic (exact) mass is 448 g/mol. The van der Waals surface area contributed by atoms with Crippen LogP contribution in [-0.4, -0.2) is 42.0 Å². The first-order chi connectivity index (χ1) is 15.6. The van der Waals surface area contributed by atoms with Crippen molar-refractivity contribution < 1.29 is 9.28 Å². The van der Waals surface area contributed by atoms with Gasteiger partial charge in [0.15, 0.2) is 12.3 Å². The molecule has 0 bridgehead atoms. The summed E-state index contributed by atoms with van der Waals surface area (Å²) in [6.07, 6.45) is 28.8. The maximum atomic E-state index is 11.5. The zero-order chi connectivity index (χ0) is 23.5. The van der Waals surface area contributed by atoms with Crippen LogP contribution in [0.5, 0.6) is 0 Å². The molecule has 1 rings (SSSR count). The summed E-state index contributed by atoms with van der Waals surface area (Å²) in [5.74, 6) is 0.0572. The molecule has 1 amide bonds. The molecule has 0 aromatic heterocycles. The summed E-state index contributed by atoms with van der Waals surface area (Å²) in [6, 6.07) is 0. The molecule has 1 N–H and O–H groups in total. The molecule has 0 spiro atoms. The number of nitrogens with zero attached hydrogens (tertiary/aromatic N) is 2. The van der Waals surface area contributed by atoms with Crippen LogP contribution in [0, 0.1) is 0 Å². The van der Waals surface area contributed by atoms with Gasteiger partial charge in [-0.1, -0.05) is 83.3 Å². The molecule has 4 heteroatoms. The Morgan fingerprint density at radius 2 is 1.47 bits per heavy atom. The summed E-state index contributed by atoms with van der Waals surface area (Å²) < 4.78 is 0.880. The zero-order valence-corrected chi connectivity index (χ0v) is 21.9. The van der Waals surface area contributed by atoms with Crippen molar-refractivity contribution >= 4 is 12.1 Å². The summed E-state index contributed by atoms with van der Waals surface area (Å²) in [5.41, 5.74) is 0.